The Balaban J connectivity index is 1.62. The van der Waals surface area contributed by atoms with Gasteiger partial charge in [-0.3, -0.25) is 4.79 Å². The average Bonchev–Trinajstić information content (AvgIpc) is 2.81. The summed E-state index contributed by atoms with van der Waals surface area (Å²) in [5.41, 5.74) is 7.71. The number of rotatable bonds is 8. The third-order valence-electron chi connectivity index (χ3n) is 5.50. The smallest absolute Gasteiger partial charge is 0.200 e. The van der Waals surface area contributed by atoms with E-state index in [2.05, 4.69) is 0 Å². The van der Waals surface area contributed by atoms with Gasteiger partial charge in [0.1, 0.15) is 23.5 Å². The summed E-state index contributed by atoms with van der Waals surface area (Å²) < 4.78 is 11.9. The predicted octanol–water partition coefficient (Wildman–Crippen LogP) is 3.14. The van der Waals surface area contributed by atoms with Gasteiger partial charge in [0.25, 0.3) is 0 Å². The Morgan fingerprint density at radius 3 is 2.26 bits per heavy atom. The molecule has 1 heterocycles. The molecule has 0 saturated heterocycles. The van der Waals surface area contributed by atoms with E-state index >= 15 is 0 Å². The van der Waals surface area contributed by atoms with Crippen LogP contribution in [0.15, 0.2) is 75.9 Å². The monoisotopic (exact) mass is 419 g/mol. The first-order valence-corrected chi connectivity index (χ1v) is 10.2. The molecule has 0 saturated carbocycles. The molecule has 0 amide bonds. The van der Waals surface area contributed by atoms with Gasteiger partial charge >= 0.3 is 0 Å². The van der Waals surface area contributed by atoms with Crippen molar-refractivity contribution in [3.05, 3.63) is 88.1 Å². The fourth-order valence-corrected chi connectivity index (χ4v) is 3.46. The number of benzene rings is 3. The van der Waals surface area contributed by atoms with Gasteiger partial charge in [-0.1, -0.05) is 36.4 Å². The van der Waals surface area contributed by atoms with Gasteiger partial charge in [0.2, 0.25) is 5.43 Å². The molecule has 6 nitrogen and oxygen atoms in total. The van der Waals surface area contributed by atoms with E-state index in [1.165, 1.54) is 0 Å². The SMILES string of the molecule is NC(CO)(CO)CCc1ccc2c(=O)c3ccc(OCc4ccccc4)cc3oc2c1. The molecule has 4 aromatic rings. The topological polar surface area (TPSA) is 106 Å². The third-order valence-corrected chi connectivity index (χ3v) is 5.50. The zero-order chi connectivity index (χ0) is 21.8. The molecule has 4 N–H and O–H groups in total. The molecule has 31 heavy (non-hydrogen) atoms. The van der Waals surface area contributed by atoms with E-state index in [9.17, 15) is 15.0 Å². The summed E-state index contributed by atoms with van der Waals surface area (Å²) in [6, 6.07) is 20.5. The molecular weight excluding hydrogens is 394 g/mol. The Hall–Kier alpha value is -3.19. The largest absolute Gasteiger partial charge is 0.489 e. The predicted molar refractivity (Wildman–Crippen MR) is 120 cm³/mol. The van der Waals surface area contributed by atoms with E-state index in [1.54, 1.807) is 24.3 Å². The molecule has 0 radical (unpaired) electrons. The van der Waals surface area contributed by atoms with Crippen molar-refractivity contribution in [2.45, 2.75) is 25.0 Å². The number of ether oxygens (including phenoxy) is 1. The summed E-state index contributed by atoms with van der Waals surface area (Å²) in [4.78, 5) is 12.9. The van der Waals surface area contributed by atoms with Crippen LogP contribution in [0.5, 0.6) is 5.75 Å². The summed E-state index contributed by atoms with van der Waals surface area (Å²) in [7, 11) is 0. The van der Waals surface area contributed by atoms with Gasteiger partial charge in [-0.05, 0) is 48.2 Å². The van der Waals surface area contributed by atoms with Gasteiger partial charge in [0, 0.05) is 6.07 Å². The average molecular weight is 419 g/mol. The van der Waals surface area contributed by atoms with Crippen molar-refractivity contribution in [2.24, 2.45) is 5.73 Å². The van der Waals surface area contributed by atoms with Crippen LogP contribution in [0.25, 0.3) is 21.9 Å². The zero-order valence-electron chi connectivity index (χ0n) is 17.1. The number of nitrogens with two attached hydrogens (primary N) is 1. The molecule has 0 aliphatic carbocycles. The van der Waals surface area contributed by atoms with Gasteiger partial charge in [-0.15, -0.1) is 0 Å². The van der Waals surface area contributed by atoms with Gasteiger partial charge in [-0.25, -0.2) is 0 Å². The maximum absolute atomic E-state index is 12.9. The minimum absolute atomic E-state index is 0.101. The minimum atomic E-state index is -1.04. The number of aliphatic hydroxyl groups is 2. The number of hydrogen-bond acceptors (Lipinski definition) is 6. The summed E-state index contributed by atoms with van der Waals surface area (Å²) >= 11 is 0. The number of hydrogen-bond donors (Lipinski definition) is 3. The first-order chi connectivity index (χ1) is 15.0. The Labute approximate surface area is 179 Å². The highest BCUT2D eigenvalue weighted by Crippen LogP contribution is 2.25. The molecule has 4 rings (SSSR count). The highest BCUT2D eigenvalue weighted by molar-refractivity contribution is 5.90. The molecule has 0 bridgehead atoms. The van der Waals surface area contributed by atoms with Crippen molar-refractivity contribution in [1.29, 1.82) is 0 Å². The molecule has 0 aliphatic rings. The van der Waals surface area contributed by atoms with Crippen LogP contribution in [0.1, 0.15) is 17.5 Å². The zero-order valence-corrected chi connectivity index (χ0v) is 17.1. The molecule has 0 unspecified atom stereocenters. The second kappa shape index (κ2) is 8.89. The van der Waals surface area contributed by atoms with Crippen molar-refractivity contribution >= 4 is 21.9 Å². The number of aryl methyl sites for hydroxylation is 1. The van der Waals surface area contributed by atoms with E-state index in [1.807, 2.05) is 42.5 Å². The first-order valence-electron chi connectivity index (χ1n) is 10.2. The van der Waals surface area contributed by atoms with E-state index in [4.69, 9.17) is 14.9 Å². The Morgan fingerprint density at radius 1 is 0.871 bits per heavy atom. The number of aliphatic hydroxyl groups excluding tert-OH is 2. The van der Waals surface area contributed by atoms with Crippen molar-refractivity contribution in [2.75, 3.05) is 13.2 Å². The van der Waals surface area contributed by atoms with E-state index < -0.39 is 5.54 Å². The lowest BCUT2D eigenvalue weighted by atomic mass is 9.93. The molecule has 1 aromatic heterocycles. The highest BCUT2D eigenvalue weighted by Gasteiger charge is 2.22. The van der Waals surface area contributed by atoms with Gasteiger partial charge < -0.3 is 25.1 Å². The maximum atomic E-state index is 12.9. The van der Waals surface area contributed by atoms with Crippen LogP contribution >= 0.6 is 0 Å². The summed E-state index contributed by atoms with van der Waals surface area (Å²) in [5, 5.41) is 19.7. The van der Waals surface area contributed by atoms with Crippen molar-refractivity contribution < 1.29 is 19.4 Å². The first kappa shape index (κ1) is 21.1. The normalized spacial score (nSPS) is 11.8. The minimum Gasteiger partial charge on any atom is -0.489 e. The fraction of sp³-hybridized carbons (Fsp3) is 0.240. The molecule has 3 aromatic carbocycles. The maximum Gasteiger partial charge on any atom is 0.200 e. The van der Waals surface area contributed by atoms with Crippen LogP contribution in [0.2, 0.25) is 0 Å². The summed E-state index contributed by atoms with van der Waals surface area (Å²) in [6.07, 6.45) is 0.941. The van der Waals surface area contributed by atoms with Crippen LogP contribution in [-0.2, 0) is 13.0 Å². The lowest BCUT2D eigenvalue weighted by molar-refractivity contribution is 0.115. The third kappa shape index (κ3) is 4.61. The molecule has 0 atom stereocenters. The summed E-state index contributed by atoms with van der Waals surface area (Å²) in [6.45, 7) is -0.185. The standard InChI is InChI=1S/C25H25NO5/c26-25(15-27,16-28)11-10-17-6-8-20-22(12-17)31-23-13-19(7-9-21(23)24(20)29)30-14-18-4-2-1-3-5-18/h1-9,12-13,27-28H,10-11,14-16,26H2. The second-order valence-electron chi connectivity index (χ2n) is 7.87. The Bertz CT molecular complexity index is 1250. The quantitative estimate of drug-likeness (QED) is 0.379. The van der Waals surface area contributed by atoms with E-state index in [0.29, 0.717) is 47.1 Å². The summed E-state index contributed by atoms with van der Waals surface area (Å²) in [5.74, 6) is 0.619. The fourth-order valence-electron chi connectivity index (χ4n) is 3.46. The van der Waals surface area contributed by atoms with Crippen LogP contribution in [0.3, 0.4) is 0 Å². The van der Waals surface area contributed by atoms with Gasteiger partial charge in [0.15, 0.2) is 0 Å². The van der Waals surface area contributed by atoms with Crippen LogP contribution < -0.4 is 15.9 Å². The van der Waals surface area contributed by atoms with Crippen LogP contribution in [0, 0.1) is 0 Å². The molecule has 6 heteroatoms. The Morgan fingerprint density at radius 2 is 1.55 bits per heavy atom. The van der Waals surface area contributed by atoms with Crippen LogP contribution in [-0.4, -0.2) is 29.0 Å². The molecule has 0 fully saturated rings. The molecule has 0 spiro atoms. The van der Waals surface area contributed by atoms with E-state index in [-0.39, 0.29) is 18.6 Å². The lowest BCUT2D eigenvalue weighted by Gasteiger charge is -2.24. The molecule has 160 valence electrons. The van der Waals surface area contributed by atoms with Crippen LogP contribution in [0.4, 0.5) is 0 Å². The van der Waals surface area contributed by atoms with Gasteiger partial charge in [-0.2, -0.15) is 0 Å². The number of fused-ring (bicyclic) bond motifs is 2. The Kier molecular flexibility index (Phi) is 6.04. The van der Waals surface area contributed by atoms with Gasteiger partial charge in [0.05, 0.1) is 29.5 Å². The van der Waals surface area contributed by atoms with E-state index in [0.717, 1.165) is 11.1 Å². The second-order valence-corrected chi connectivity index (χ2v) is 7.87. The molecule has 0 aliphatic heterocycles. The van der Waals surface area contributed by atoms with Crippen molar-refractivity contribution in [3.8, 4) is 5.75 Å². The highest BCUT2D eigenvalue weighted by atomic mass is 16.5. The van der Waals surface area contributed by atoms with Crippen molar-refractivity contribution in [1.82, 2.24) is 0 Å². The lowest BCUT2D eigenvalue weighted by Crippen LogP contribution is -2.47. The van der Waals surface area contributed by atoms with Crippen molar-refractivity contribution in [3.63, 3.8) is 0 Å². The molecular formula is C25H25NO5.